The monoisotopic (exact) mass is 268 g/mol. The van der Waals surface area contributed by atoms with Gasteiger partial charge in [0.2, 0.25) is 0 Å². The summed E-state index contributed by atoms with van der Waals surface area (Å²) >= 11 is 2.17. The number of hydrogen-bond donors (Lipinski definition) is 1. The number of thioether (sulfide) groups is 1. The van der Waals surface area contributed by atoms with Crippen molar-refractivity contribution in [1.29, 1.82) is 0 Å². The third-order valence-corrected chi connectivity index (χ3v) is 6.47. The molecule has 0 aromatic carbocycles. The summed E-state index contributed by atoms with van der Waals surface area (Å²) in [6.45, 7) is 7.33. The van der Waals surface area contributed by atoms with E-state index in [0.717, 1.165) is 18.0 Å². The number of piperazine rings is 1. The Balaban J connectivity index is 1.70. The summed E-state index contributed by atoms with van der Waals surface area (Å²) in [5.41, 5.74) is 0.410. The number of nitrogens with zero attached hydrogens (tertiary/aromatic N) is 1. The van der Waals surface area contributed by atoms with Crippen LogP contribution < -0.4 is 5.32 Å². The molecule has 3 unspecified atom stereocenters. The highest BCUT2D eigenvalue weighted by atomic mass is 32.2. The maximum Gasteiger partial charge on any atom is 0.0309 e. The van der Waals surface area contributed by atoms with Gasteiger partial charge in [-0.25, -0.2) is 0 Å². The van der Waals surface area contributed by atoms with E-state index in [-0.39, 0.29) is 0 Å². The molecule has 3 aliphatic rings. The zero-order valence-electron chi connectivity index (χ0n) is 12.0. The van der Waals surface area contributed by atoms with E-state index in [9.17, 15) is 0 Å². The quantitative estimate of drug-likeness (QED) is 0.847. The van der Waals surface area contributed by atoms with Gasteiger partial charge in [-0.2, -0.15) is 11.8 Å². The molecule has 0 aromatic heterocycles. The fraction of sp³-hybridized carbons (Fsp3) is 1.00. The minimum Gasteiger partial charge on any atom is -0.308 e. The summed E-state index contributed by atoms with van der Waals surface area (Å²) in [6.07, 6.45) is 7.07. The Labute approximate surface area is 116 Å². The van der Waals surface area contributed by atoms with Crippen molar-refractivity contribution in [2.75, 3.05) is 24.6 Å². The first-order valence-corrected chi connectivity index (χ1v) is 8.97. The highest BCUT2D eigenvalue weighted by Gasteiger charge is 2.47. The molecule has 18 heavy (non-hydrogen) atoms. The predicted octanol–water partition coefficient (Wildman–Crippen LogP) is 2.73. The molecule has 2 aliphatic heterocycles. The van der Waals surface area contributed by atoms with Gasteiger partial charge in [-0.1, -0.05) is 6.92 Å². The normalized spacial score (nSPS) is 43.0. The van der Waals surface area contributed by atoms with Crippen LogP contribution in [-0.2, 0) is 0 Å². The van der Waals surface area contributed by atoms with Crippen LogP contribution in [0.1, 0.15) is 46.0 Å². The maximum absolute atomic E-state index is 3.88. The summed E-state index contributed by atoms with van der Waals surface area (Å²) < 4.78 is 0. The van der Waals surface area contributed by atoms with Gasteiger partial charge in [0.15, 0.2) is 0 Å². The average Bonchev–Trinajstić information content (AvgIpc) is 3.24. The van der Waals surface area contributed by atoms with Crippen LogP contribution in [0, 0.1) is 5.92 Å². The molecule has 0 aromatic rings. The Bertz CT molecular complexity index is 286. The maximum atomic E-state index is 3.88. The number of rotatable bonds is 3. The van der Waals surface area contributed by atoms with E-state index >= 15 is 0 Å². The van der Waals surface area contributed by atoms with Crippen molar-refractivity contribution in [3.05, 3.63) is 0 Å². The van der Waals surface area contributed by atoms with Crippen molar-refractivity contribution in [3.8, 4) is 0 Å². The molecule has 1 saturated carbocycles. The minimum absolute atomic E-state index is 0.410. The fourth-order valence-electron chi connectivity index (χ4n) is 3.82. The van der Waals surface area contributed by atoms with E-state index in [4.69, 9.17) is 0 Å². The van der Waals surface area contributed by atoms with Crippen LogP contribution >= 0.6 is 11.8 Å². The molecule has 0 radical (unpaired) electrons. The molecule has 2 saturated heterocycles. The van der Waals surface area contributed by atoms with E-state index in [0.29, 0.717) is 5.54 Å². The second kappa shape index (κ2) is 5.34. The molecular formula is C15H28N2S. The van der Waals surface area contributed by atoms with E-state index < -0.39 is 0 Å². The van der Waals surface area contributed by atoms with Crippen LogP contribution in [0.3, 0.4) is 0 Å². The van der Waals surface area contributed by atoms with Crippen LogP contribution in [0.2, 0.25) is 0 Å². The van der Waals surface area contributed by atoms with Gasteiger partial charge in [-0.3, -0.25) is 4.90 Å². The smallest absolute Gasteiger partial charge is 0.0309 e. The Morgan fingerprint density at radius 2 is 2.17 bits per heavy atom. The van der Waals surface area contributed by atoms with Crippen molar-refractivity contribution in [1.82, 2.24) is 10.2 Å². The fourth-order valence-corrected chi connectivity index (χ4v) is 4.99. The second-order valence-corrected chi connectivity index (χ2v) is 7.83. The SMILES string of the molecule is CCC1CNC(C)(C2CC2)CN1C1CCCSC1. The van der Waals surface area contributed by atoms with Gasteiger partial charge in [0.1, 0.15) is 0 Å². The highest BCUT2D eigenvalue weighted by molar-refractivity contribution is 7.99. The first kappa shape index (κ1) is 13.3. The van der Waals surface area contributed by atoms with Crippen LogP contribution in [0.4, 0.5) is 0 Å². The molecule has 2 nitrogen and oxygen atoms in total. The van der Waals surface area contributed by atoms with E-state index in [2.05, 4.69) is 35.8 Å². The first-order valence-electron chi connectivity index (χ1n) is 7.81. The van der Waals surface area contributed by atoms with Crippen molar-refractivity contribution < 1.29 is 0 Å². The molecule has 1 aliphatic carbocycles. The molecule has 3 atom stereocenters. The molecule has 2 heterocycles. The summed E-state index contributed by atoms with van der Waals surface area (Å²) in [6, 6.07) is 1.63. The van der Waals surface area contributed by atoms with E-state index in [1.54, 1.807) is 0 Å². The van der Waals surface area contributed by atoms with Crippen molar-refractivity contribution in [3.63, 3.8) is 0 Å². The van der Waals surface area contributed by atoms with Gasteiger partial charge in [-0.15, -0.1) is 0 Å². The summed E-state index contributed by atoms with van der Waals surface area (Å²) in [7, 11) is 0. The molecule has 0 spiro atoms. The molecule has 3 heteroatoms. The molecule has 3 fully saturated rings. The predicted molar refractivity (Wildman–Crippen MR) is 80.3 cm³/mol. The average molecular weight is 268 g/mol. The third-order valence-electron chi connectivity index (χ3n) is 5.28. The molecular weight excluding hydrogens is 240 g/mol. The molecule has 1 N–H and O–H groups in total. The van der Waals surface area contributed by atoms with Crippen LogP contribution in [0.5, 0.6) is 0 Å². The van der Waals surface area contributed by atoms with Gasteiger partial charge < -0.3 is 5.32 Å². The Hall–Kier alpha value is 0.270. The summed E-state index contributed by atoms with van der Waals surface area (Å²) in [4.78, 5) is 2.88. The topological polar surface area (TPSA) is 15.3 Å². The highest BCUT2D eigenvalue weighted by Crippen LogP contribution is 2.42. The zero-order valence-corrected chi connectivity index (χ0v) is 12.8. The zero-order chi connectivity index (χ0) is 12.6. The number of nitrogens with one attached hydrogen (secondary N) is 1. The van der Waals surface area contributed by atoms with E-state index in [1.807, 2.05) is 0 Å². The summed E-state index contributed by atoms with van der Waals surface area (Å²) in [5.74, 6) is 3.71. The van der Waals surface area contributed by atoms with Crippen LogP contribution in [0.15, 0.2) is 0 Å². The third kappa shape index (κ3) is 2.59. The molecule has 104 valence electrons. The van der Waals surface area contributed by atoms with Crippen LogP contribution in [-0.4, -0.2) is 47.1 Å². The molecule has 0 amide bonds. The largest absolute Gasteiger partial charge is 0.308 e. The Morgan fingerprint density at radius 3 is 2.78 bits per heavy atom. The van der Waals surface area contributed by atoms with Gasteiger partial charge in [0.05, 0.1) is 0 Å². The van der Waals surface area contributed by atoms with E-state index in [1.165, 1.54) is 56.7 Å². The van der Waals surface area contributed by atoms with Gasteiger partial charge >= 0.3 is 0 Å². The lowest BCUT2D eigenvalue weighted by Gasteiger charge is -2.50. The van der Waals surface area contributed by atoms with Gasteiger partial charge in [-0.05, 0) is 50.7 Å². The van der Waals surface area contributed by atoms with Crippen molar-refractivity contribution in [2.24, 2.45) is 5.92 Å². The van der Waals surface area contributed by atoms with Crippen molar-refractivity contribution in [2.45, 2.75) is 63.6 Å². The lowest BCUT2D eigenvalue weighted by molar-refractivity contribution is 0.0401. The second-order valence-electron chi connectivity index (χ2n) is 6.68. The van der Waals surface area contributed by atoms with Crippen LogP contribution in [0.25, 0.3) is 0 Å². The lowest BCUT2D eigenvalue weighted by Crippen LogP contribution is -2.66. The summed E-state index contributed by atoms with van der Waals surface area (Å²) in [5, 5.41) is 3.88. The molecule has 3 rings (SSSR count). The Morgan fingerprint density at radius 1 is 1.33 bits per heavy atom. The minimum atomic E-state index is 0.410. The standard InChI is InChI=1S/C15H28N2S/c1-3-13-9-16-15(2,12-6-7-12)11-17(13)14-5-4-8-18-10-14/h12-14,16H,3-11H2,1-2H3. The lowest BCUT2D eigenvalue weighted by atomic mass is 9.89. The Kier molecular flexibility index (Phi) is 3.93. The van der Waals surface area contributed by atoms with Gasteiger partial charge in [0, 0.05) is 36.5 Å². The first-order chi connectivity index (χ1) is 8.73. The van der Waals surface area contributed by atoms with Crippen molar-refractivity contribution >= 4 is 11.8 Å². The van der Waals surface area contributed by atoms with Gasteiger partial charge in [0.25, 0.3) is 0 Å². The molecule has 0 bridgehead atoms. The number of hydrogen-bond acceptors (Lipinski definition) is 3.